The fourth-order valence-corrected chi connectivity index (χ4v) is 4.47. The normalized spacial score (nSPS) is 17.9. The lowest BCUT2D eigenvalue weighted by molar-refractivity contribution is -0.119. The van der Waals surface area contributed by atoms with E-state index < -0.39 is 30.3 Å². The molecule has 0 aliphatic carbocycles. The summed E-state index contributed by atoms with van der Waals surface area (Å²) in [6, 6.07) is 11.9. The van der Waals surface area contributed by atoms with Gasteiger partial charge in [-0.2, -0.15) is 0 Å². The van der Waals surface area contributed by atoms with Gasteiger partial charge in [0.2, 0.25) is 5.91 Å². The van der Waals surface area contributed by atoms with Gasteiger partial charge in [0.15, 0.2) is 0 Å². The Labute approximate surface area is 199 Å². The molecule has 164 valence electrons. The molecule has 0 aromatic heterocycles. The first-order chi connectivity index (χ1) is 14.4. The zero-order valence-corrected chi connectivity index (χ0v) is 21.0. The van der Waals surface area contributed by atoms with E-state index in [1.54, 1.807) is 12.1 Å². The average Bonchev–Trinajstić information content (AvgIpc) is 2.88. The molecule has 6 nitrogen and oxygen atoms in total. The molecule has 2 amide bonds. The van der Waals surface area contributed by atoms with Crippen LogP contribution in [-0.2, 0) is 20.5 Å². The molecule has 1 aliphatic heterocycles. The number of carbonyl (C=O) groups excluding carboxylic acids is 2. The molecular weight excluding hydrogens is 527 g/mol. The van der Waals surface area contributed by atoms with Crippen molar-refractivity contribution in [1.29, 1.82) is 0 Å². The lowest BCUT2D eigenvalue weighted by atomic mass is 9.78. The first-order valence-corrected chi connectivity index (χ1v) is 11.5. The predicted molar refractivity (Wildman–Crippen MR) is 128 cm³/mol. The summed E-state index contributed by atoms with van der Waals surface area (Å²) in [5.74, 6) is -0.975. The van der Waals surface area contributed by atoms with Gasteiger partial charge in [0.25, 0.3) is 5.91 Å². The third-order valence-electron chi connectivity index (χ3n) is 5.72. The summed E-state index contributed by atoms with van der Waals surface area (Å²) >= 11 is 6.71. The van der Waals surface area contributed by atoms with Gasteiger partial charge in [-0.05, 0) is 56.9 Å². The summed E-state index contributed by atoms with van der Waals surface area (Å²) in [7, 11) is -0.458. The minimum Gasteiger partial charge on any atom is -0.399 e. The van der Waals surface area contributed by atoms with E-state index in [0.717, 1.165) is 20.0 Å². The molecule has 0 saturated carbocycles. The first-order valence-electron chi connectivity index (χ1n) is 9.89. The smallest absolute Gasteiger partial charge is 0.399 e. The van der Waals surface area contributed by atoms with E-state index in [1.807, 2.05) is 58.0 Å². The topological polar surface area (TPSA) is 90.6 Å². The van der Waals surface area contributed by atoms with E-state index in [-0.39, 0.29) is 12.3 Å². The van der Waals surface area contributed by atoms with Gasteiger partial charge in [-0.3, -0.25) is 9.59 Å². The molecule has 2 aromatic carbocycles. The molecular formula is C22H25BBr2N2O4. The molecule has 1 saturated heterocycles. The molecule has 0 radical (unpaired) electrons. The summed E-state index contributed by atoms with van der Waals surface area (Å²) in [6.07, 6.45) is 0.278. The van der Waals surface area contributed by atoms with Crippen molar-refractivity contribution in [3.63, 3.8) is 0 Å². The predicted octanol–water partition coefficient (Wildman–Crippen LogP) is 3.34. The van der Waals surface area contributed by atoms with E-state index in [0.29, 0.717) is 5.56 Å². The minimum absolute atomic E-state index is 0.278. The van der Waals surface area contributed by atoms with Crippen LogP contribution in [0.3, 0.4) is 0 Å². The highest BCUT2D eigenvalue weighted by atomic mass is 79.9. The molecule has 1 atom stereocenters. The fourth-order valence-electron chi connectivity index (χ4n) is 3.17. The van der Waals surface area contributed by atoms with Gasteiger partial charge in [0.1, 0.15) is 6.04 Å². The molecule has 0 bridgehead atoms. The molecule has 9 heteroatoms. The number of halogens is 2. The third kappa shape index (κ3) is 5.58. The van der Waals surface area contributed by atoms with Gasteiger partial charge in [-0.1, -0.05) is 56.1 Å². The summed E-state index contributed by atoms with van der Waals surface area (Å²) in [6.45, 7) is 8.02. The monoisotopic (exact) mass is 550 g/mol. The van der Waals surface area contributed by atoms with Crippen LogP contribution in [0.1, 0.15) is 43.6 Å². The van der Waals surface area contributed by atoms with Gasteiger partial charge in [0, 0.05) is 20.9 Å². The van der Waals surface area contributed by atoms with Crippen LogP contribution in [0.25, 0.3) is 0 Å². The number of rotatable bonds is 6. The Hall–Kier alpha value is -1.68. The van der Waals surface area contributed by atoms with Gasteiger partial charge >= 0.3 is 7.12 Å². The average molecular weight is 552 g/mol. The molecule has 3 rings (SSSR count). The third-order valence-corrected chi connectivity index (χ3v) is 6.63. The molecule has 1 fully saturated rings. The van der Waals surface area contributed by atoms with Crippen LogP contribution in [0.5, 0.6) is 0 Å². The number of amides is 2. The SMILES string of the molecule is CC1(C)OB(c2ccc(C[C@@H](NC(=O)c3cc(Br)cc(Br)c3)C(N)=O)cc2)OC1(C)C. The van der Waals surface area contributed by atoms with E-state index in [9.17, 15) is 9.59 Å². The van der Waals surface area contributed by atoms with Crippen molar-refractivity contribution in [2.75, 3.05) is 0 Å². The molecule has 0 unspecified atom stereocenters. The Bertz CT molecular complexity index is 959. The van der Waals surface area contributed by atoms with Crippen LogP contribution in [0.4, 0.5) is 0 Å². The van der Waals surface area contributed by atoms with Crippen molar-refractivity contribution in [2.45, 2.75) is 51.4 Å². The van der Waals surface area contributed by atoms with Crippen LogP contribution in [0, 0.1) is 0 Å². The molecule has 1 heterocycles. The second-order valence-electron chi connectivity index (χ2n) is 8.62. The van der Waals surface area contributed by atoms with Gasteiger partial charge in [-0.25, -0.2) is 0 Å². The van der Waals surface area contributed by atoms with Crippen molar-refractivity contribution in [3.05, 3.63) is 62.5 Å². The molecule has 2 aromatic rings. The Morgan fingerprint density at radius 1 is 1.00 bits per heavy atom. The Kier molecular flexibility index (Phi) is 7.00. The lowest BCUT2D eigenvalue weighted by Crippen LogP contribution is -2.46. The number of nitrogens with two attached hydrogens (primary N) is 1. The van der Waals surface area contributed by atoms with E-state index in [1.165, 1.54) is 0 Å². The number of primary amides is 1. The Morgan fingerprint density at radius 2 is 1.52 bits per heavy atom. The molecule has 3 N–H and O–H groups in total. The van der Waals surface area contributed by atoms with Gasteiger partial charge < -0.3 is 20.4 Å². The van der Waals surface area contributed by atoms with Crippen molar-refractivity contribution < 1.29 is 18.9 Å². The summed E-state index contributed by atoms with van der Waals surface area (Å²) < 4.78 is 13.6. The minimum atomic E-state index is -0.840. The van der Waals surface area contributed by atoms with Crippen LogP contribution in [0.15, 0.2) is 51.4 Å². The van der Waals surface area contributed by atoms with Crippen LogP contribution in [0.2, 0.25) is 0 Å². The Balaban J connectivity index is 1.69. The largest absolute Gasteiger partial charge is 0.494 e. The Morgan fingerprint density at radius 3 is 2.00 bits per heavy atom. The van der Waals surface area contributed by atoms with Crippen LogP contribution in [-0.4, -0.2) is 36.2 Å². The zero-order valence-electron chi connectivity index (χ0n) is 17.9. The molecule has 0 spiro atoms. The molecule has 1 aliphatic rings. The maximum atomic E-state index is 12.6. The van der Waals surface area contributed by atoms with Crippen LogP contribution >= 0.6 is 31.9 Å². The maximum Gasteiger partial charge on any atom is 0.494 e. The van der Waals surface area contributed by atoms with Gasteiger partial charge in [-0.15, -0.1) is 0 Å². The van der Waals surface area contributed by atoms with Crippen molar-refractivity contribution in [3.8, 4) is 0 Å². The maximum absolute atomic E-state index is 12.6. The standard InChI is InChI=1S/C22H25BBr2N2O4/c1-21(2)22(3,4)31-23(30-21)15-7-5-13(6-8-15)9-18(19(26)28)27-20(29)14-10-16(24)12-17(25)11-14/h5-8,10-12,18H,9H2,1-4H3,(H2,26,28)(H,27,29)/t18-/m1/s1. The van der Waals surface area contributed by atoms with E-state index >= 15 is 0 Å². The summed E-state index contributed by atoms with van der Waals surface area (Å²) in [4.78, 5) is 24.6. The highest BCUT2D eigenvalue weighted by Gasteiger charge is 2.51. The number of hydrogen-bond acceptors (Lipinski definition) is 4. The van der Waals surface area contributed by atoms with E-state index in [4.69, 9.17) is 15.0 Å². The highest BCUT2D eigenvalue weighted by Crippen LogP contribution is 2.36. The van der Waals surface area contributed by atoms with Crippen LogP contribution < -0.4 is 16.5 Å². The number of benzene rings is 2. The summed E-state index contributed by atoms with van der Waals surface area (Å²) in [5, 5.41) is 2.72. The van der Waals surface area contributed by atoms with Crippen molar-refractivity contribution in [1.82, 2.24) is 5.32 Å². The number of carbonyl (C=O) groups is 2. The number of nitrogens with one attached hydrogen (secondary N) is 1. The quantitative estimate of drug-likeness (QED) is 0.539. The van der Waals surface area contributed by atoms with Crippen molar-refractivity contribution >= 4 is 56.3 Å². The highest BCUT2D eigenvalue weighted by molar-refractivity contribution is 9.11. The zero-order chi connectivity index (χ0) is 23.0. The lowest BCUT2D eigenvalue weighted by Gasteiger charge is -2.32. The van der Waals surface area contributed by atoms with Gasteiger partial charge in [0.05, 0.1) is 11.2 Å². The number of hydrogen-bond donors (Lipinski definition) is 2. The summed E-state index contributed by atoms with van der Waals surface area (Å²) in [5.41, 5.74) is 6.88. The molecule has 31 heavy (non-hydrogen) atoms. The second kappa shape index (κ2) is 9.06. The van der Waals surface area contributed by atoms with E-state index in [2.05, 4.69) is 37.2 Å². The first kappa shape index (κ1) is 24.0. The fraction of sp³-hybridized carbons (Fsp3) is 0.364. The second-order valence-corrected chi connectivity index (χ2v) is 10.5. The van der Waals surface area contributed by atoms with Crippen molar-refractivity contribution in [2.24, 2.45) is 5.73 Å².